The van der Waals surface area contributed by atoms with Crippen molar-refractivity contribution in [2.75, 3.05) is 27.4 Å². The number of halogens is 1. The predicted molar refractivity (Wildman–Crippen MR) is 146 cm³/mol. The van der Waals surface area contributed by atoms with E-state index in [2.05, 4.69) is 0 Å². The van der Waals surface area contributed by atoms with E-state index in [0.29, 0.717) is 52.6 Å². The van der Waals surface area contributed by atoms with Crippen LogP contribution >= 0.6 is 11.6 Å². The highest BCUT2D eigenvalue weighted by Crippen LogP contribution is 2.39. The monoisotopic (exact) mass is 533 g/mol. The summed E-state index contributed by atoms with van der Waals surface area (Å²) in [4.78, 5) is 29.1. The predicted octanol–water partition coefficient (Wildman–Crippen LogP) is 6.04. The van der Waals surface area contributed by atoms with Gasteiger partial charge in [0.05, 0.1) is 37.8 Å². The summed E-state index contributed by atoms with van der Waals surface area (Å²) >= 11 is 6.18. The molecule has 1 aliphatic heterocycles. The van der Waals surface area contributed by atoms with Gasteiger partial charge in [-0.3, -0.25) is 9.59 Å². The third kappa shape index (κ3) is 4.70. The van der Waals surface area contributed by atoms with Gasteiger partial charge in [0.25, 0.3) is 5.91 Å². The molecule has 38 heavy (non-hydrogen) atoms. The largest absolute Gasteiger partial charge is 0.494 e. The Morgan fingerprint density at radius 2 is 1.71 bits per heavy atom. The van der Waals surface area contributed by atoms with E-state index < -0.39 is 6.04 Å². The highest BCUT2D eigenvalue weighted by molar-refractivity contribution is 6.31. The molecule has 2 heterocycles. The fourth-order valence-electron chi connectivity index (χ4n) is 4.82. The summed E-state index contributed by atoms with van der Waals surface area (Å²) in [5.41, 5.74) is 2.14. The first kappa shape index (κ1) is 25.7. The third-order valence-electron chi connectivity index (χ3n) is 6.69. The van der Waals surface area contributed by atoms with Gasteiger partial charge in [0.15, 0.2) is 16.9 Å². The first-order valence-electron chi connectivity index (χ1n) is 12.5. The van der Waals surface area contributed by atoms with E-state index in [9.17, 15) is 9.59 Å². The van der Waals surface area contributed by atoms with Crippen LogP contribution in [0.5, 0.6) is 17.2 Å². The van der Waals surface area contributed by atoms with Crippen LogP contribution in [-0.4, -0.2) is 38.2 Å². The average Bonchev–Trinajstić information content (AvgIpc) is 3.22. The van der Waals surface area contributed by atoms with Gasteiger partial charge in [-0.05, 0) is 66.4 Å². The van der Waals surface area contributed by atoms with Gasteiger partial charge in [-0.2, -0.15) is 0 Å². The number of rotatable bonds is 9. The van der Waals surface area contributed by atoms with Crippen molar-refractivity contribution in [1.29, 1.82) is 0 Å². The van der Waals surface area contributed by atoms with Crippen LogP contribution in [0.3, 0.4) is 0 Å². The van der Waals surface area contributed by atoms with Crippen molar-refractivity contribution in [3.8, 4) is 17.2 Å². The summed E-state index contributed by atoms with van der Waals surface area (Å²) in [6.07, 6.45) is 1.43. The Bertz CT molecular complexity index is 1550. The van der Waals surface area contributed by atoms with Crippen molar-refractivity contribution in [2.45, 2.75) is 25.8 Å². The molecule has 1 aliphatic rings. The lowest BCUT2D eigenvalue weighted by Crippen LogP contribution is -2.31. The van der Waals surface area contributed by atoms with Gasteiger partial charge in [0.2, 0.25) is 5.76 Å². The third-order valence-corrected chi connectivity index (χ3v) is 6.92. The summed E-state index contributed by atoms with van der Waals surface area (Å²) in [6.45, 7) is 3.01. The molecule has 1 aromatic heterocycles. The van der Waals surface area contributed by atoms with Crippen molar-refractivity contribution in [3.63, 3.8) is 0 Å². The summed E-state index contributed by atoms with van der Waals surface area (Å²) < 4.78 is 22.5. The van der Waals surface area contributed by atoms with Gasteiger partial charge < -0.3 is 23.5 Å². The lowest BCUT2D eigenvalue weighted by Gasteiger charge is -2.25. The summed E-state index contributed by atoms with van der Waals surface area (Å²) in [6, 6.07) is 17.4. The second-order valence-electron chi connectivity index (χ2n) is 9.07. The molecule has 7 nitrogen and oxygen atoms in total. The minimum atomic E-state index is -0.613. The van der Waals surface area contributed by atoms with Crippen LogP contribution in [0.15, 0.2) is 69.9 Å². The minimum Gasteiger partial charge on any atom is -0.494 e. The van der Waals surface area contributed by atoms with Crippen molar-refractivity contribution in [1.82, 2.24) is 4.90 Å². The molecule has 0 saturated heterocycles. The molecule has 3 aromatic carbocycles. The summed E-state index contributed by atoms with van der Waals surface area (Å²) in [5, 5.41) is 0.770. The molecule has 0 bridgehead atoms. The Kier molecular flexibility index (Phi) is 7.29. The number of nitrogens with zero attached hydrogens (tertiary/aromatic N) is 1. The number of hydrogen-bond acceptors (Lipinski definition) is 6. The number of carbonyl (C=O) groups is 1. The lowest BCUT2D eigenvalue weighted by atomic mass is 9.98. The molecule has 0 radical (unpaired) electrons. The number of benzene rings is 3. The topological polar surface area (TPSA) is 78.2 Å². The van der Waals surface area contributed by atoms with Gasteiger partial charge in [0, 0.05) is 11.6 Å². The Morgan fingerprint density at radius 1 is 0.947 bits per heavy atom. The molecule has 0 spiro atoms. The maximum absolute atomic E-state index is 13.7. The van der Waals surface area contributed by atoms with Gasteiger partial charge in [-0.25, -0.2) is 0 Å². The molecule has 4 aromatic rings. The molecular weight excluding hydrogens is 506 g/mol. The highest BCUT2D eigenvalue weighted by Gasteiger charge is 2.42. The molecule has 5 rings (SSSR count). The number of ether oxygens (including phenoxy) is 3. The Morgan fingerprint density at radius 3 is 2.42 bits per heavy atom. The van der Waals surface area contributed by atoms with Crippen molar-refractivity contribution in [2.24, 2.45) is 0 Å². The fourth-order valence-corrected chi connectivity index (χ4v) is 4.99. The minimum absolute atomic E-state index is 0.0634. The van der Waals surface area contributed by atoms with E-state index in [-0.39, 0.29) is 17.1 Å². The van der Waals surface area contributed by atoms with Crippen LogP contribution < -0.4 is 19.6 Å². The molecule has 1 atom stereocenters. The normalized spacial score (nSPS) is 14.6. The molecule has 1 unspecified atom stereocenters. The zero-order valence-corrected chi connectivity index (χ0v) is 22.2. The van der Waals surface area contributed by atoms with E-state index >= 15 is 0 Å². The SMILES string of the molecule is CCCOc1ccc(C2c3c(oc4ccc(Cl)cc4c3=O)C(=O)N2CCc2ccc(OC)c(OC)c2)cc1. The fraction of sp³-hybridized carbons (Fsp3) is 0.267. The van der Waals surface area contributed by atoms with Gasteiger partial charge in [0.1, 0.15) is 11.3 Å². The Hall–Kier alpha value is -3.97. The van der Waals surface area contributed by atoms with Crippen molar-refractivity contribution < 1.29 is 23.4 Å². The summed E-state index contributed by atoms with van der Waals surface area (Å²) in [7, 11) is 3.17. The molecular formula is C30H28ClNO6. The second kappa shape index (κ2) is 10.8. The number of hydrogen-bond donors (Lipinski definition) is 0. The summed E-state index contributed by atoms with van der Waals surface area (Å²) in [5.74, 6) is 1.71. The number of carbonyl (C=O) groups excluding carboxylic acids is 1. The Balaban J connectivity index is 1.56. The van der Waals surface area contributed by atoms with E-state index in [0.717, 1.165) is 23.3 Å². The van der Waals surface area contributed by atoms with Gasteiger partial charge in [-0.1, -0.05) is 36.7 Å². The Labute approximate surface area is 225 Å². The highest BCUT2D eigenvalue weighted by atomic mass is 35.5. The molecule has 1 amide bonds. The zero-order chi connectivity index (χ0) is 26.8. The van der Waals surface area contributed by atoms with Crippen LogP contribution in [0.4, 0.5) is 0 Å². The van der Waals surface area contributed by atoms with Gasteiger partial charge in [-0.15, -0.1) is 0 Å². The standard InChI is InChI=1S/C30H28ClNO6/c1-4-15-37-21-9-6-19(7-10-21)27-26-28(33)22-17-20(31)8-12-23(22)38-29(26)30(34)32(27)14-13-18-5-11-24(35-2)25(16-18)36-3/h5-12,16-17,27H,4,13-15H2,1-3H3. The number of methoxy groups -OCH3 is 2. The van der Waals surface area contributed by atoms with Crippen LogP contribution in [0.25, 0.3) is 11.0 Å². The first-order valence-corrected chi connectivity index (χ1v) is 12.8. The smallest absolute Gasteiger partial charge is 0.290 e. The van der Waals surface area contributed by atoms with Gasteiger partial charge >= 0.3 is 0 Å². The van der Waals surface area contributed by atoms with Crippen LogP contribution in [0, 0.1) is 0 Å². The molecule has 0 saturated carbocycles. The number of amides is 1. The van der Waals surface area contributed by atoms with E-state index in [1.54, 1.807) is 37.3 Å². The van der Waals surface area contributed by atoms with Crippen LogP contribution in [-0.2, 0) is 6.42 Å². The van der Waals surface area contributed by atoms with Crippen LogP contribution in [0.1, 0.15) is 46.6 Å². The van der Waals surface area contributed by atoms with E-state index in [4.69, 9.17) is 30.2 Å². The number of fused-ring (bicyclic) bond motifs is 2. The quantitative estimate of drug-likeness (QED) is 0.261. The van der Waals surface area contributed by atoms with Crippen molar-refractivity contribution in [3.05, 3.63) is 98.4 Å². The molecule has 0 N–H and O–H groups in total. The lowest BCUT2D eigenvalue weighted by molar-refractivity contribution is 0.0730. The second-order valence-corrected chi connectivity index (χ2v) is 9.51. The molecule has 0 fully saturated rings. The van der Waals surface area contributed by atoms with E-state index in [1.807, 2.05) is 49.4 Å². The van der Waals surface area contributed by atoms with E-state index in [1.165, 1.54) is 0 Å². The average molecular weight is 534 g/mol. The molecule has 0 aliphatic carbocycles. The maximum Gasteiger partial charge on any atom is 0.290 e. The molecule has 8 heteroatoms. The molecule has 196 valence electrons. The first-order chi connectivity index (χ1) is 18.4. The zero-order valence-electron chi connectivity index (χ0n) is 21.5. The van der Waals surface area contributed by atoms with Crippen molar-refractivity contribution >= 4 is 28.5 Å². The maximum atomic E-state index is 13.7. The van der Waals surface area contributed by atoms with Crippen LogP contribution in [0.2, 0.25) is 5.02 Å².